The number of benzene rings is 1. The summed E-state index contributed by atoms with van der Waals surface area (Å²) in [4.78, 5) is 0. The Morgan fingerprint density at radius 1 is 1.00 bits per heavy atom. The molecule has 1 aromatic carbocycles. The van der Waals surface area contributed by atoms with Crippen molar-refractivity contribution in [2.75, 3.05) is 21.1 Å². The van der Waals surface area contributed by atoms with Gasteiger partial charge in [0.25, 0.3) is 0 Å². The maximum Gasteiger partial charge on any atom is 0.497 e. The zero-order valence-corrected chi connectivity index (χ0v) is 14.5. The second-order valence-corrected chi connectivity index (χ2v) is 8.00. The monoisotopic (exact) mass is 312 g/mol. The van der Waals surface area contributed by atoms with E-state index in [1.807, 2.05) is 48.8 Å². The van der Waals surface area contributed by atoms with E-state index < -0.39 is 30.0 Å². The number of quaternary nitrogens is 1. The summed E-state index contributed by atoms with van der Waals surface area (Å²) in [6.07, 6.45) is 0. The van der Waals surface area contributed by atoms with Crippen LogP contribution in [-0.4, -0.2) is 43.9 Å². The molecule has 1 aromatic rings. The van der Waals surface area contributed by atoms with Crippen LogP contribution in [0.25, 0.3) is 0 Å². The normalized spacial score (nSPS) is 20.5. The number of halogens is 2. The Morgan fingerprint density at radius 2 is 1.50 bits per heavy atom. The van der Waals surface area contributed by atoms with Crippen LogP contribution in [-0.2, 0) is 15.9 Å². The fourth-order valence-electron chi connectivity index (χ4n) is 2.44. The largest absolute Gasteiger partial charge is 0.497 e. The van der Waals surface area contributed by atoms with Crippen LogP contribution in [0.4, 0.5) is 8.78 Å². The molecule has 1 heterocycles. The lowest BCUT2D eigenvalue weighted by atomic mass is 9.77. The van der Waals surface area contributed by atoms with E-state index in [4.69, 9.17) is 9.31 Å². The highest BCUT2D eigenvalue weighted by molar-refractivity contribution is 6.62. The van der Waals surface area contributed by atoms with E-state index in [0.717, 1.165) is 6.07 Å². The second-order valence-electron chi connectivity index (χ2n) is 8.00. The van der Waals surface area contributed by atoms with Gasteiger partial charge in [0.2, 0.25) is 0 Å². The van der Waals surface area contributed by atoms with Crippen LogP contribution < -0.4 is 5.46 Å². The smallest absolute Gasteiger partial charge is 0.399 e. The fraction of sp³-hybridized carbons (Fsp3) is 0.625. The zero-order chi connectivity index (χ0) is 16.9. The van der Waals surface area contributed by atoms with Gasteiger partial charge in [-0.2, -0.15) is 0 Å². The lowest BCUT2D eigenvalue weighted by Crippen LogP contribution is -2.41. The molecular formula is C16H25BF2NO2+. The summed E-state index contributed by atoms with van der Waals surface area (Å²) in [5.41, 5.74) is -0.716. The third kappa shape index (κ3) is 3.34. The van der Waals surface area contributed by atoms with Gasteiger partial charge in [0.1, 0.15) is 18.2 Å². The summed E-state index contributed by atoms with van der Waals surface area (Å²) in [6.45, 7) is 7.93. The Bertz CT molecular complexity index is 566. The van der Waals surface area contributed by atoms with Gasteiger partial charge in [0.15, 0.2) is 0 Å². The predicted octanol–water partition coefficient (Wildman–Crippen LogP) is 2.47. The molecule has 0 saturated carbocycles. The Kier molecular flexibility index (Phi) is 4.18. The van der Waals surface area contributed by atoms with Gasteiger partial charge >= 0.3 is 7.12 Å². The van der Waals surface area contributed by atoms with Crippen LogP contribution in [0.3, 0.4) is 0 Å². The van der Waals surface area contributed by atoms with E-state index in [0.29, 0.717) is 16.6 Å². The zero-order valence-electron chi connectivity index (χ0n) is 14.5. The molecule has 1 fully saturated rings. The maximum atomic E-state index is 14.8. The summed E-state index contributed by atoms with van der Waals surface area (Å²) in [7, 11) is 4.89. The third-order valence-corrected chi connectivity index (χ3v) is 4.29. The SMILES string of the molecule is CC1(C)OB(c2cc(F)cc(C[N+](C)(C)C)c2F)OC1(C)C. The molecule has 1 aliphatic heterocycles. The summed E-state index contributed by atoms with van der Waals surface area (Å²) < 4.78 is 40.9. The topological polar surface area (TPSA) is 18.5 Å². The molecule has 0 amide bonds. The Hall–Kier alpha value is -0.975. The highest BCUT2D eigenvalue weighted by Crippen LogP contribution is 2.36. The first kappa shape index (κ1) is 17.4. The fourth-order valence-corrected chi connectivity index (χ4v) is 2.44. The van der Waals surface area contributed by atoms with Crippen molar-refractivity contribution in [2.24, 2.45) is 0 Å². The van der Waals surface area contributed by atoms with E-state index in [2.05, 4.69) is 0 Å². The highest BCUT2D eigenvalue weighted by atomic mass is 19.1. The van der Waals surface area contributed by atoms with Gasteiger partial charge in [0, 0.05) is 11.0 Å². The second kappa shape index (κ2) is 5.29. The van der Waals surface area contributed by atoms with E-state index in [1.165, 1.54) is 6.07 Å². The average molecular weight is 312 g/mol. The van der Waals surface area contributed by atoms with Crippen LogP contribution in [0, 0.1) is 11.6 Å². The van der Waals surface area contributed by atoms with Crippen molar-refractivity contribution in [3.05, 3.63) is 29.3 Å². The summed E-state index contributed by atoms with van der Waals surface area (Å²) in [5.74, 6) is -0.928. The minimum Gasteiger partial charge on any atom is -0.399 e. The molecule has 1 aliphatic rings. The van der Waals surface area contributed by atoms with Gasteiger partial charge in [-0.05, 0) is 39.8 Å². The van der Waals surface area contributed by atoms with E-state index in [1.54, 1.807) is 0 Å². The van der Waals surface area contributed by atoms with Crippen LogP contribution in [0.1, 0.15) is 33.3 Å². The molecule has 122 valence electrons. The number of hydrogen-bond acceptors (Lipinski definition) is 2. The molecule has 0 radical (unpaired) electrons. The van der Waals surface area contributed by atoms with Crippen molar-refractivity contribution >= 4 is 12.6 Å². The summed E-state index contributed by atoms with van der Waals surface area (Å²) >= 11 is 0. The first-order chi connectivity index (χ1) is 9.82. The minimum absolute atomic E-state index is 0.127. The molecule has 6 heteroatoms. The molecule has 2 rings (SSSR count). The standard InChI is InChI=1S/C16H25BF2NO2/c1-15(2)16(3,4)22-17(21-15)13-9-12(18)8-11(14(13)19)10-20(5,6)7/h8-9H,10H2,1-7H3/q+1. The van der Waals surface area contributed by atoms with Crippen molar-refractivity contribution in [1.29, 1.82) is 0 Å². The van der Waals surface area contributed by atoms with Crippen LogP contribution in [0.5, 0.6) is 0 Å². The third-order valence-electron chi connectivity index (χ3n) is 4.29. The molecule has 0 spiro atoms. The quantitative estimate of drug-likeness (QED) is 0.630. The number of rotatable bonds is 3. The van der Waals surface area contributed by atoms with Gasteiger partial charge < -0.3 is 13.8 Å². The molecule has 3 nitrogen and oxygen atoms in total. The lowest BCUT2D eigenvalue weighted by molar-refractivity contribution is -0.884. The molecular weight excluding hydrogens is 287 g/mol. The van der Waals surface area contributed by atoms with Crippen molar-refractivity contribution in [1.82, 2.24) is 0 Å². The molecule has 0 unspecified atom stereocenters. The van der Waals surface area contributed by atoms with Crippen molar-refractivity contribution in [2.45, 2.75) is 45.4 Å². The molecule has 22 heavy (non-hydrogen) atoms. The molecule has 0 bridgehead atoms. The van der Waals surface area contributed by atoms with Gasteiger partial charge in [-0.15, -0.1) is 0 Å². The minimum atomic E-state index is -0.896. The molecule has 0 atom stereocenters. The Balaban J connectivity index is 2.41. The van der Waals surface area contributed by atoms with Crippen molar-refractivity contribution in [3.63, 3.8) is 0 Å². The van der Waals surface area contributed by atoms with Crippen LogP contribution in [0.2, 0.25) is 0 Å². The first-order valence-electron chi connectivity index (χ1n) is 7.46. The summed E-state index contributed by atoms with van der Waals surface area (Å²) in [6, 6.07) is 2.41. The summed E-state index contributed by atoms with van der Waals surface area (Å²) in [5, 5.41) is 0. The van der Waals surface area contributed by atoms with E-state index in [9.17, 15) is 8.78 Å². The molecule has 0 aromatic heterocycles. The Labute approximate surface area is 131 Å². The molecule has 0 N–H and O–H groups in total. The van der Waals surface area contributed by atoms with Crippen molar-refractivity contribution in [3.8, 4) is 0 Å². The van der Waals surface area contributed by atoms with E-state index in [-0.39, 0.29) is 5.46 Å². The van der Waals surface area contributed by atoms with Crippen molar-refractivity contribution < 1.29 is 22.6 Å². The van der Waals surface area contributed by atoms with E-state index >= 15 is 0 Å². The first-order valence-corrected chi connectivity index (χ1v) is 7.46. The molecule has 0 aliphatic carbocycles. The van der Waals surface area contributed by atoms with Crippen LogP contribution >= 0.6 is 0 Å². The maximum absolute atomic E-state index is 14.8. The lowest BCUT2D eigenvalue weighted by Gasteiger charge is -2.32. The average Bonchev–Trinajstić information content (AvgIpc) is 2.50. The van der Waals surface area contributed by atoms with Crippen LogP contribution in [0.15, 0.2) is 12.1 Å². The Morgan fingerprint density at radius 3 is 1.95 bits per heavy atom. The predicted molar refractivity (Wildman–Crippen MR) is 83.8 cm³/mol. The van der Waals surface area contributed by atoms with Gasteiger partial charge in [-0.1, -0.05) is 0 Å². The number of nitrogens with zero attached hydrogens (tertiary/aromatic N) is 1. The van der Waals surface area contributed by atoms with Gasteiger partial charge in [-0.25, -0.2) is 8.78 Å². The highest BCUT2D eigenvalue weighted by Gasteiger charge is 2.52. The van der Waals surface area contributed by atoms with Gasteiger partial charge in [0.05, 0.1) is 32.3 Å². The number of hydrogen-bond donors (Lipinski definition) is 0. The van der Waals surface area contributed by atoms with Gasteiger partial charge in [-0.3, -0.25) is 0 Å². The molecule has 1 saturated heterocycles.